The second-order valence-electron chi connectivity index (χ2n) is 3.36. The van der Waals surface area contributed by atoms with E-state index in [1.165, 1.54) is 16.5 Å². The van der Waals surface area contributed by atoms with Crippen molar-refractivity contribution in [1.82, 2.24) is 0 Å². The molecule has 1 aliphatic carbocycles. The Morgan fingerprint density at radius 1 is 1.38 bits per heavy atom. The molecule has 1 saturated carbocycles. The molecule has 0 unspecified atom stereocenters. The molecule has 1 aliphatic rings. The van der Waals surface area contributed by atoms with Gasteiger partial charge >= 0.3 is 0 Å². The number of nitrogens with two attached hydrogens (primary N) is 1. The van der Waals surface area contributed by atoms with Crippen molar-refractivity contribution in [1.29, 1.82) is 0 Å². The van der Waals surface area contributed by atoms with E-state index in [0.717, 1.165) is 12.5 Å². The van der Waals surface area contributed by atoms with Crippen molar-refractivity contribution in [2.75, 3.05) is 6.54 Å². The third-order valence-corrected chi connectivity index (χ3v) is 3.25. The summed E-state index contributed by atoms with van der Waals surface area (Å²) in [6.07, 6.45) is 1.26. The molecule has 2 rings (SSSR count). The van der Waals surface area contributed by atoms with Crippen LogP contribution in [0.1, 0.15) is 17.9 Å². The maximum atomic E-state index is 5.60. The Bertz CT molecular complexity index is 290. The molecule has 0 aliphatic heterocycles. The third-order valence-electron chi connectivity index (χ3n) is 2.53. The van der Waals surface area contributed by atoms with E-state index in [0.29, 0.717) is 5.92 Å². The molecule has 13 heavy (non-hydrogen) atoms. The van der Waals surface area contributed by atoms with Crippen LogP contribution in [0.15, 0.2) is 28.7 Å². The zero-order valence-electron chi connectivity index (χ0n) is 7.24. The summed E-state index contributed by atoms with van der Waals surface area (Å²) in [7, 11) is 0. The quantitative estimate of drug-likeness (QED) is 0.871. The molecule has 1 aromatic rings. The normalized spacial score (nSPS) is 25.1. The van der Waals surface area contributed by atoms with Crippen molar-refractivity contribution >= 4 is 28.3 Å². The van der Waals surface area contributed by atoms with Crippen molar-refractivity contribution in [2.45, 2.75) is 12.3 Å². The topological polar surface area (TPSA) is 26.0 Å². The largest absolute Gasteiger partial charge is 0.330 e. The average Bonchev–Trinajstić information content (AvgIpc) is 2.84. The fraction of sp³-hybridized carbons (Fsp3) is 0.400. The average molecular weight is 263 g/mol. The van der Waals surface area contributed by atoms with Crippen LogP contribution >= 0.6 is 28.3 Å². The summed E-state index contributed by atoms with van der Waals surface area (Å²) in [4.78, 5) is 0. The number of rotatable bonds is 2. The Hall–Kier alpha value is -0.0500. The van der Waals surface area contributed by atoms with Crippen molar-refractivity contribution < 1.29 is 0 Å². The minimum Gasteiger partial charge on any atom is -0.330 e. The van der Waals surface area contributed by atoms with E-state index < -0.39 is 0 Å². The van der Waals surface area contributed by atoms with E-state index >= 15 is 0 Å². The minimum atomic E-state index is 0. The maximum Gasteiger partial charge on any atom is 0.0210 e. The lowest BCUT2D eigenvalue weighted by Crippen LogP contribution is -2.02. The molecular formula is C10H13BrClN. The Kier molecular flexibility index (Phi) is 3.77. The lowest BCUT2D eigenvalue weighted by atomic mass is 10.1. The number of benzene rings is 1. The summed E-state index contributed by atoms with van der Waals surface area (Å²) in [5, 5.41) is 0. The summed E-state index contributed by atoms with van der Waals surface area (Å²) in [6, 6.07) is 8.42. The second kappa shape index (κ2) is 4.45. The molecule has 0 aromatic heterocycles. The third kappa shape index (κ3) is 2.25. The van der Waals surface area contributed by atoms with Gasteiger partial charge in [0.1, 0.15) is 0 Å². The van der Waals surface area contributed by atoms with Gasteiger partial charge in [-0.25, -0.2) is 0 Å². The standard InChI is InChI=1S/C10H12BrN.ClH/c11-10-4-2-1-3-8(10)9-5-7(9)6-12;/h1-4,7,9H,5-6,12H2;1H/t7-,9+;/m1./s1. The minimum absolute atomic E-state index is 0. The molecule has 3 heteroatoms. The SMILES string of the molecule is Cl.NC[C@H]1C[C@@H]1c1ccccc1Br. The van der Waals surface area contributed by atoms with Gasteiger partial charge in [0.2, 0.25) is 0 Å². The van der Waals surface area contributed by atoms with E-state index in [1.807, 2.05) is 6.07 Å². The molecule has 1 nitrogen and oxygen atoms in total. The zero-order chi connectivity index (χ0) is 8.55. The van der Waals surface area contributed by atoms with Gasteiger partial charge in [-0.15, -0.1) is 12.4 Å². The van der Waals surface area contributed by atoms with Gasteiger partial charge in [0, 0.05) is 4.47 Å². The molecule has 0 saturated heterocycles. The Morgan fingerprint density at radius 2 is 2.08 bits per heavy atom. The van der Waals surface area contributed by atoms with Crippen LogP contribution in [0.2, 0.25) is 0 Å². The monoisotopic (exact) mass is 261 g/mol. The Labute approximate surface area is 93.2 Å². The summed E-state index contributed by atoms with van der Waals surface area (Å²) in [5.74, 6) is 1.44. The van der Waals surface area contributed by atoms with Crippen LogP contribution in [-0.2, 0) is 0 Å². The van der Waals surface area contributed by atoms with Gasteiger partial charge in [-0.3, -0.25) is 0 Å². The summed E-state index contributed by atoms with van der Waals surface area (Å²) < 4.78 is 1.23. The number of hydrogen-bond acceptors (Lipinski definition) is 1. The first kappa shape index (κ1) is 11.0. The van der Waals surface area contributed by atoms with Crippen LogP contribution < -0.4 is 5.73 Å². The molecule has 2 atom stereocenters. The molecule has 0 spiro atoms. The molecule has 0 bridgehead atoms. The first-order valence-electron chi connectivity index (χ1n) is 4.27. The van der Waals surface area contributed by atoms with Crippen LogP contribution in [0, 0.1) is 5.92 Å². The fourth-order valence-electron chi connectivity index (χ4n) is 1.66. The molecule has 1 fully saturated rings. The van der Waals surface area contributed by atoms with Gasteiger partial charge in [-0.1, -0.05) is 34.1 Å². The highest BCUT2D eigenvalue weighted by atomic mass is 79.9. The highest BCUT2D eigenvalue weighted by molar-refractivity contribution is 9.10. The Balaban J connectivity index is 0.000000845. The van der Waals surface area contributed by atoms with Crippen LogP contribution in [0.5, 0.6) is 0 Å². The van der Waals surface area contributed by atoms with Gasteiger partial charge in [-0.05, 0) is 36.4 Å². The van der Waals surface area contributed by atoms with E-state index in [2.05, 4.69) is 34.1 Å². The highest BCUT2D eigenvalue weighted by Crippen LogP contribution is 2.48. The van der Waals surface area contributed by atoms with Crippen molar-refractivity contribution in [3.05, 3.63) is 34.3 Å². The Morgan fingerprint density at radius 3 is 2.62 bits per heavy atom. The predicted molar refractivity (Wildman–Crippen MR) is 61.3 cm³/mol. The smallest absolute Gasteiger partial charge is 0.0210 e. The van der Waals surface area contributed by atoms with Crippen molar-refractivity contribution in [3.8, 4) is 0 Å². The molecule has 2 N–H and O–H groups in total. The first-order chi connectivity index (χ1) is 5.83. The molecular weight excluding hydrogens is 249 g/mol. The van der Waals surface area contributed by atoms with Gasteiger partial charge < -0.3 is 5.73 Å². The van der Waals surface area contributed by atoms with E-state index in [9.17, 15) is 0 Å². The van der Waals surface area contributed by atoms with Crippen LogP contribution in [0.4, 0.5) is 0 Å². The van der Waals surface area contributed by atoms with Crippen LogP contribution in [0.25, 0.3) is 0 Å². The van der Waals surface area contributed by atoms with Crippen LogP contribution in [-0.4, -0.2) is 6.54 Å². The maximum absolute atomic E-state index is 5.60. The van der Waals surface area contributed by atoms with E-state index in [-0.39, 0.29) is 12.4 Å². The van der Waals surface area contributed by atoms with Crippen LogP contribution in [0.3, 0.4) is 0 Å². The molecule has 72 valence electrons. The first-order valence-corrected chi connectivity index (χ1v) is 5.06. The fourth-order valence-corrected chi connectivity index (χ4v) is 2.24. The molecule has 0 heterocycles. The zero-order valence-corrected chi connectivity index (χ0v) is 9.64. The lowest BCUT2D eigenvalue weighted by molar-refractivity contribution is 0.808. The predicted octanol–water partition coefficient (Wildman–Crippen LogP) is 2.93. The summed E-state index contributed by atoms with van der Waals surface area (Å²) >= 11 is 3.55. The highest BCUT2D eigenvalue weighted by Gasteiger charge is 2.37. The van der Waals surface area contributed by atoms with Gasteiger partial charge in [0.25, 0.3) is 0 Å². The van der Waals surface area contributed by atoms with Gasteiger partial charge in [0.15, 0.2) is 0 Å². The lowest BCUT2D eigenvalue weighted by Gasteiger charge is -2.01. The van der Waals surface area contributed by atoms with E-state index in [4.69, 9.17) is 5.73 Å². The molecule has 0 amide bonds. The van der Waals surface area contributed by atoms with Gasteiger partial charge in [-0.2, -0.15) is 0 Å². The van der Waals surface area contributed by atoms with Crippen molar-refractivity contribution in [3.63, 3.8) is 0 Å². The number of hydrogen-bond donors (Lipinski definition) is 1. The van der Waals surface area contributed by atoms with Gasteiger partial charge in [0.05, 0.1) is 0 Å². The summed E-state index contributed by atoms with van der Waals surface area (Å²) in [5.41, 5.74) is 7.02. The second-order valence-corrected chi connectivity index (χ2v) is 4.21. The van der Waals surface area contributed by atoms with E-state index in [1.54, 1.807) is 0 Å². The van der Waals surface area contributed by atoms with Crippen molar-refractivity contribution in [2.24, 2.45) is 11.7 Å². The summed E-state index contributed by atoms with van der Waals surface area (Å²) in [6.45, 7) is 0.825. The molecule has 0 radical (unpaired) electrons. The number of halogens is 2. The molecule has 1 aromatic carbocycles.